The van der Waals surface area contributed by atoms with Crippen molar-refractivity contribution >= 4 is 44.3 Å². The van der Waals surface area contributed by atoms with E-state index in [1.807, 2.05) is 31.2 Å². The fourth-order valence-corrected chi connectivity index (χ4v) is 2.69. The number of nitrogens with zero attached hydrogens (tertiary/aromatic N) is 1. The van der Waals surface area contributed by atoms with Crippen LogP contribution < -0.4 is 5.32 Å². The Morgan fingerprint density at radius 2 is 2.00 bits per heavy atom. The highest BCUT2D eigenvalue weighted by Gasteiger charge is 2.15. The molecular weight excluding hydrogens is 366 g/mol. The van der Waals surface area contributed by atoms with Gasteiger partial charge < -0.3 is 5.32 Å². The van der Waals surface area contributed by atoms with E-state index in [1.165, 1.54) is 0 Å². The standard InChI is InChI=1S/C16H13BrClN3O/c1-9-13(17)7-6-12-14(9)20-21-15(12)16(22)19-8-10-2-4-11(18)5-3-10/h2-7H,8H2,1H3,(H,19,22)(H,20,21). The molecule has 0 atom stereocenters. The monoisotopic (exact) mass is 377 g/mol. The number of H-pyrrole nitrogens is 1. The van der Waals surface area contributed by atoms with E-state index < -0.39 is 0 Å². The number of nitrogens with one attached hydrogen (secondary N) is 2. The minimum absolute atomic E-state index is 0.181. The minimum atomic E-state index is -0.181. The van der Waals surface area contributed by atoms with Gasteiger partial charge in [-0.15, -0.1) is 0 Å². The number of halogens is 2. The third-order valence-electron chi connectivity index (χ3n) is 3.51. The summed E-state index contributed by atoms with van der Waals surface area (Å²) < 4.78 is 0.972. The molecule has 0 saturated heterocycles. The highest BCUT2D eigenvalue weighted by atomic mass is 79.9. The maximum atomic E-state index is 12.3. The van der Waals surface area contributed by atoms with Crippen LogP contribution in [0.5, 0.6) is 0 Å². The molecule has 0 spiro atoms. The summed E-state index contributed by atoms with van der Waals surface area (Å²) >= 11 is 9.31. The molecule has 0 radical (unpaired) electrons. The molecule has 1 aromatic heterocycles. The highest BCUT2D eigenvalue weighted by Crippen LogP contribution is 2.26. The summed E-state index contributed by atoms with van der Waals surface area (Å²) in [4.78, 5) is 12.3. The number of fused-ring (bicyclic) bond motifs is 1. The van der Waals surface area contributed by atoms with E-state index in [4.69, 9.17) is 11.6 Å². The molecule has 1 amide bonds. The van der Waals surface area contributed by atoms with Crippen molar-refractivity contribution in [2.24, 2.45) is 0 Å². The summed E-state index contributed by atoms with van der Waals surface area (Å²) in [6.07, 6.45) is 0. The molecule has 0 saturated carbocycles. The SMILES string of the molecule is Cc1c(Br)ccc2c(C(=O)NCc3ccc(Cl)cc3)[nH]nc12. The van der Waals surface area contributed by atoms with Gasteiger partial charge in [0.25, 0.3) is 5.91 Å². The van der Waals surface area contributed by atoms with Crippen LogP contribution in [0.1, 0.15) is 21.6 Å². The lowest BCUT2D eigenvalue weighted by atomic mass is 10.1. The average Bonchev–Trinajstić information content (AvgIpc) is 2.95. The second-order valence-corrected chi connectivity index (χ2v) is 6.27. The van der Waals surface area contributed by atoms with Gasteiger partial charge in [0, 0.05) is 21.4 Å². The van der Waals surface area contributed by atoms with Crippen molar-refractivity contribution in [3.05, 3.63) is 62.7 Å². The Morgan fingerprint density at radius 3 is 2.73 bits per heavy atom. The van der Waals surface area contributed by atoms with E-state index in [9.17, 15) is 4.79 Å². The van der Waals surface area contributed by atoms with Crippen molar-refractivity contribution in [3.63, 3.8) is 0 Å². The smallest absolute Gasteiger partial charge is 0.270 e. The van der Waals surface area contributed by atoms with Crippen molar-refractivity contribution < 1.29 is 4.79 Å². The van der Waals surface area contributed by atoms with Crippen LogP contribution in [0.4, 0.5) is 0 Å². The maximum Gasteiger partial charge on any atom is 0.270 e. The number of aryl methyl sites for hydroxylation is 1. The molecule has 0 fully saturated rings. The molecule has 0 aliphatic heterocycles. The molecule has 2 N–H and O–H groups in total. The molecule has 3 aromatic rings. The van der Waals surface area contributed by atoms with Gasteiger partial charge >= 0.3 is 0 Å². The van der Waals surface area contributed by atoms with Crippen LogP contribution in [0, 0.1) is 6.92 Å². The summed E-state index contributed by atoms with van der Waals surface area (Å²) in [6.45, 7) is 2.40. The Balaban J connectivity index is 1.81. The first-order chi connectivity index (χ1) is 10.6. The summed E-state index contributed by atoms with van der Waals surface area (Å²) in [5.74, 6) is -0.181. The Labute approximate surface area is 141 Å². The minimum Gasteiger partial charge on any atom is -0.347 e. The van der Waals surface area contributed by atoms with E-state index >= 15 is 0 Å². The Kier molecular flexibility index (Phi) is 4.18. The van der Waals surface area contributed by atoms with E-state index in [2.05, 4.69) is 31.4 Å². The molecule has 112 valence electrons. The zero-order valence-corrected chi connectivity index (χ0v) is 14.1. The van der Waals surface area contributed by atoms with Crippen LogP contribution >= 0.6 is 27.5 Å². The second kappa shape index (κ2) is 6.10. The van der Waals surface area contributed by atoms with Gasteiger partial charge in [-0.2, -0.15) is 5.10 Å². The number of carbonyl (C=O) groups is 1. The fraction of sp³-hybridized carbons (Fsp3) is 0.125. The van der Waals surface area contributed by atoms with Gasteiger partial charge in [0.15, 0.2) is 0 Å². The Morgan fingerprint density at radius 1 is 1.27 bits per heavy atom. The zero-order chi connectivity index (χ0) is 15.7. The van der Waals surface area contributed by atoms with E-state index in [1.54, 1.807) is 12.1 Å². The molecule has 0 unspecified atom stereocenters. The van der Waals surface area contributed by atoms with Crippen molar-refractivity contribution in [2.75, 3.05) is 0 Å². The third kappa shape index (κ3) is 2.87. The topological polar surface area (TPSA) is 57.8 Å². The largest absolute Gasteiger partial charge is 0.347 e. The van der Waals surface area contributed by atoms with Gasteiger partial charge in [-0.25, -0.2) is 0 Å². The predicted molar refractivity (Wildman–Crippen MR) is 91.2 cm³/mol. The van der Waals surface area contributed by atoms with Crippen molar-refractivity contribution in [1.29, 1.82) is 0 Å². The Hall–Kier alpha value is -1.85. The van der Waals surface area contributed by atoms with Crippen LogP contribution in [-0.2, 0) is 6.54 Å². The van der Waals surface area contributed by atoms with Gasteiger partial charge in [0.2, 0.25) is 0 Å². The number of hydrogen-bond acceptors (Lipinski definition) is 2. The summed E-state index contributed by atoms with van der Waals surface area (Å²) in [5.41, 5.74) is 3.26. The number of rotatable bonds is 3. The molecular formula is C16H13BrClN3O. The zero-order valence-electron chi connectivity index (χ0n) is 11.8. The average molecular weight is 379 g/mol. The van der Waals surface area contributed by atoms with Gasteiger partial charge in [0.05, 0.1) is 5.52 Å². The lowest BCUT2D eigenvalue weighted by molar-refractivity contribution is 0.0947. The van der Waals surface area contributed by atoms with Crippen LogP contribution in [0.25, 0.3) is 10.9 Å². The molecule has 0 bridgehead atoms. The number of benzene rings is 2. The number of hydrogen-bond donors (Lipinski definition) is 2. The van der Waals surface area contributed by atoms with E-state index in [0.717, 1.165) is 26.5 Å². The number of carbonyl (C=O) groups excluding carboxylic acids is 1. The predicted octanol–water partition coefficient (Wildman–Crippen LogP) is 4.22. The lowest BCUT2D eigenvalue weighted by Gasteiger charge is -2.05. The highest BCUT2D eigenvalue weighted by molar-refractivity contribution is 9.10. The lowest BCUT2D eigenvalue weighted by Crippen LogP contribution is -2.23. The molecule has 1 heterocycles. The molecule has 22 heavy (non-hydrogen) atoms. The number of aromatic nitrogens is 2. The first kappa shape index (κ1) is 15.1. The summed E-state index contributed by atoms with van der Waals surface area (Å²) in [6, 6.07) is 11.2. The van der Waals surface area contributed by atoms with Crippen LogP contribution in [0.2, 0.25) is 5.02 Å². The molecule has 0 aliphatic rings. The maximum absolute atomic E-state index is 12.3. The Bertz CT molecular complexity index is 842. The normalized spacial score (nSPS) is 10.9. The third-order valence-corrected chi connectivity index (χ3v) is 4.62. The van der Waals surface area contributed by atoms with Crippen molar-refractivity contribution in [2.45, 2.75) is 13.5 Å². The van der Waals surface area contributed by atoms with Crippen LogP contribution in [-0.4, -0.2) is 16.1 Å². The molecule has 3 rings (SSSR count). The van der Waals surface area contributed by atoms with Gasteiger partial charge in [-0.3, -0.25) is 9.89 Å². The molecule has 4 nitrogen and oxygen atoms in total. The van der Waals surface area contributed by atoms with Gasteiger partial charge in [-0.05, 0) is 42.3 Å². The first-order valence-electron chi connectivity index (χ1n) is 6.72. The van der Waals surface area contributed by atoms with Crippen molar-refractivity contribution in [3.8, 4) is 0 Å². The molecule has 0 aliphatic carbocycles. The molecule has 2 aromatic carbocycles. The van der Waals surface area contributed by atoms with E-state index in [-0.39, 0.29) is 5.91 Å². The van der Waals surface area contributed by atoms with Crippen LogP contribution in [0.15, 0.2) is 40.9 Å². The van der Waals surface area contributed by atoms with Gasteiger partial charge in [0.1, 0.15) is 5.69 Å². The van der Waals surface area contributed by atoms with Crippen molar-refractivity contribution in [1.82, 2.24) is 15.5 Å². The van der Waals surface area contributed by atoms with E-state index in [0.29, 0.717) is 17.3 Å². The van der Waals surface area contributed by atoms with Gasteiger partial charge in [-0.1, -0.05) is 39.7 Å². The summed E-state index contributed by atoms with van der Waals surface area (Å²) in [7, 11) is 0. The molecule has 6 heteroatoms. The summed E-state index contributed by atoms with van der Waals surface area (Å²) in [5, 5.41) is 11.4. The quantitative estimate of drug-likeness (QED) is 0.717. The fourth-order valence-electron chi connectivity index (χ4n) is 2.24. The first-order valence-corrected chi connectivity index (χ1v) is 7.89. The number of aromatic amines is 1. The number of amides is 1. The van der Waals surface area contributed by atoms with Crippen LogP contribution in [0.3, 0.4) is 0 Å². The second-order valence-electron chi connectivity index (χ2n) is 4.98.